The van der Waals surface area contributed by atoms with Crippen LogP contribution in [0.2, 0.25) is 0 Å². The first-order chi connectivity index (χ1) is 12.1. The first kappa shape index (κ1) is 17.4. The number of fused-ring (bicyclic) bond motifs is 1. The van der Waals surface area contributed by atoms with E-state index in [-0.39, 0.29) is 5.78 Å². The Morgan fingerprint density at radius 1 is 1.00 bits per heavy atom. The molecular weight excluding hydrogens is 316 g/mol. The highest BCUT2D eigenvalue weighted by molar-refractivity contribution is 6.01. The zero-order valence-electron chi connectivity index (χ0n) is 14.6. The zero-order valence-corrected chi connectivity index (χ0v) is 14.6. The van der Waals surface area contributed by atoms with Gasteiger partial charge in [-0.05, 0) is 61.1 Å². The van der Waals surface area contributed by atoms with Gasteiger partial charge in [0.15, 0.2) is 6.10 Å². The summed E-state index contributed by atoms with van der Waals surface area (Å²) in [6, 6.07) is 12.8. The minimum Gasteiger partial charge on any atom is -0.451 e. The van der Waals surface area contributed by atoms with Crippen molar-refractivity contribution in [1.29, 1.82) is 0 Å². The van der Waals surface area contributed by atoms with E-state index < -0.39 is 12.1 Å². The van der Waals surface area contributed by atoms with Crippen LogP contribution < -0.4 is 0 Å². The Labute approximate surface area is 147 Å². The number of esters is 1. The third-order valence-corrected chi connectivity index (χ3v) is 4.54. The molecule has 0 aliphatic heterocycles. The lowest BCUT2D eigenvalue weighted by atomic mass is 10.0. The van der Waals surface area contributed by atoms with E-state index in [1.807, 2.05) is 30.3 Å². The van der Waals surface area contributed by atoms with Crippen LogP contribution in [0.4, 0.5) is 0 Å². The maximum Gasteiger partial charge on any atom is 0.338 e. The number of carbonyl (C=O) groups excluding carboxylic acids is 2. The lowest BCUT2D eigenvalue weighted by Crippen LogP contribution is -2.24. The highest BCUT2D eigenvalue weighted by Crippen LogP contribution is 2.23. The predicted molar refractivity (Wildman–Crippen MR) is 94.8 cm³/mol. The number of rotatable bonds is 6. The average Bonchev–Trinajstić information content (AvgIpc) is 3.09. The van der Waals surface area contributed by atoms with Crippen molar-refractivity contribution in [2.45, 2.75) is 38.9 Å². The molecule has 0 spiro atoms. The van der Waals surface area contributed by atoms with Crippen LogP contribution in [0.15, 0.2) is 42.5 Å². The molecule has 0 aromatic heterocycles. The Balaban J connectivity index is 1.65. The van der Waals surface area contributed by atoms with Gasteiger partial charge in [-0.25, -0.2) is 4.79 Å². The van der Waals surface area contributed by atoms with Gasteiger partial charge in [0.1, 0.15) is 0 Å². The molecule has 0 heterocycles. The molecule has 0 bridgehead atoms. The number of aryl methyl sites for hydroxylation is 2. The molecule has 4 nitrogen and oxygen atoms in total. The average molecular weight is 338 g/mol. The number of hydrogen-bond donors (Lipinski definition) is 0. The van der Waals surface area contributed by atoms with Crippen molar-refractivity contribution in [3.8, 4) is 0 Å². The molecule has 4 heteroatoms. The zero-order chi connectivity index (χ0) is 17.8. The standard InChI is InChI=1S/C21H22O4/c1-14(20(22)19-11-10-16-4-3-5-18(16)12-19)25-21(23)17-8-6-15(7-9-17)13-24-2/h6-12,14H,3-5,13H2,1-2H3/t14-/m1/s1. The van der Waals surface area contributed by atoms with E-state index in [0.29, 0.717) is 17.7 Å². The largest absolute Gasteiger partial charge is 0.451 e. The molecule has 130 valence electrons. The van der Waals surface area contributed by atoms with Gasteiger partial charge in [-0.2, -0.15) is 0 Å². The lowest BCUT2D eigenvalue weighted by Gasteiger charge is -2.13. The minimum atomic E-state index is -0.814. The Kier molecular flexibility index (Phi) is 5.29. The third-order valence-electron chi connectivity index (χ3n) is 4.54. The topological polar surface area (TPSA) is 52.6 Å². The lowest BCUT2D eigenvalue weighted by molar-refractivity contribution is 0.0318. The second-order valence-corrected chi connectivity index (χ2v) is 6.38. The Bertz CT molecular complexity index is 777. The number of benzene rings is 2. The maximum atomic E-state index is 12.6. The molecule has 0 saturated carbocycles. The van der Waals surface area contributed by atoms with E-state index in [9.17, 15) is 9.59 Å². The van der Waals surface area contributed by atoms with Gasteiger partial charge in [-0.3, -0.25) is 4.79 Å². The van der Waals surface area contributed by atoms with Gasteiger partial charge >= 0.3 is 5.97 Å². The summed E-state index contributed by atoms with van der Waals surface area (Å²) in [5.41, 5.74) is 4.56. The fourth-order valence-corrected chi connectivity index (χ4v) is 3.15. The highest BCUT2D eigenvalue weighted by Gasteiger charge is 2.22. The Hall–Kier alpha value is -2.46. The molecule has 1 aliphatic carbocycles. The summed E-state index contributed by atoms with van der Waals surface area (Å²) in [6.07, 6.45) is 2.41. The number of ether oxygens (including phenoxy) is 2. The molecule has 2 aromatic carbocycles. The van der Waals surface area contributed by atoms with Gasteiger partial charge < -0.3 is 9.47 Å². The SMILES string of the molecule is COCc1ccc(C(=O)O[C@H](C)C(=O)c2ccc3c(c2)CCC3)cc1. The summed E-state index contributed by atoms with van der Waals surface area (Å²) in [7, 11) is 1.62. The quantitative estimate of drug-likeness (QED) is 0.594. The second kappa shape index (κ2) is 7.62. The van der Waals surface area contributed by atoms with E-state index in [2.05, 4.69) is 0 Å². The van der Waals surface area contributed by atoms with Crippen molar-refractivity contribution in [1.82, 2.24) is 0 Å². The van der Waals surface area contributed by atoms with Crippen molar-refractivity contribution in [3.63, 3.8) is 0 Å². The van der Waals surface area contributed by atoms with E-state index in [0.717, 1.165) is 24.8 Å². The number of carbonyl (C=O) groups is 2. The third kappa shape index (κ3) is 3.97. The van der Waals surface area contributed by atoms with Crippen LogP contribution in [0.1, 0.15) is 50.8 Å². The van der Waals surface area contributed by atoms with Crippen LogP contribution in [0, 0.1) is 0 Å². The fraction of sp³-hybridized carbons (Fsp3) is 0.333. The van der Waals surface area contributed by atoms with Gasteiger partial charge in [-0.15, -0.1) is 0 Å². The molecular formula is C21H22O4. The van der Waals surface area contributed by atoms with Crippen LogP contribution in [0.5, 0.6) is 0 Å². The van der Waals surface area contributed by atoms with E-state index in [1.54, 1.807) is 26.2 Å². The molecule has 0 saturated heterocycles. The second-order valence-electron chi connectivity index (χ2n) is 6.38. The summed E-state index contributed by atoms with van der Waals surface area (Å²) in [6.45, 7) is 2.11. The van der Waals surface area contributed by atoms with Crippen molar-refractivity contribution >= 4 is 11.8 Å². The van der Waals surface area contributed by atoms with Crippen molar-refractivity contribution in [2.24, 2.45) is 0 Å². The number of ketones is 1. The van der Waals surface area contributed by atoms with Crippen LogP contribution in [0.25, 0.3) is 0 Å². The van der Waals surface area contributed by atoms with Gasteiger partial charge in [-0.1, -0.05) is 24.3 Å². The number of Topliss-reactive ketones (excluding diaryl/α,β-unsaturated/α-hetero) is 1. The summed E-state index contributed by atoms with van der Waals surface area (Å²) in [5.74, 6) is -0.662. The van der Waals surface area contributed by atoms with Crippen LogP contribution >= 0.6 is 0 Å². The first-order valence-corrected chi connectivity index (χ1v) is 8.53. The van der Waals surface area contributed by atoms with E-state index in [1.165, 1.54) is 11.1 Å². The Morgan fingerprint density at radius 3 is 2.40 bits per heavy atom. The molecule has 0 amide bonds. The summed E-state index contributed by atoms with van der Waals surface area (Å²) in [5, 5.41) is 0. The van der Waals surface area contributed by atoms with Gasteiger partial charge in [0.05, 0.1) is 12.2 Å². The van der Waals surface area contributed by atoms with Gasteiger partial charge in [0.2, 0.25) is 5.78 Å². The molecule has 3 rings (SSSR count). The summed E-state index contributed by atoms with van der Waals surface area (Å²) < 4.78 is 10.4. The monoisotopic (exact) mass is 338 g/mol. The molecule has 1 atom stereocenters. The number of methoxy groups -OCH3 is 1. The molecule has 25 heavy (non-hydrogen) atoms. The normalized spacial score (nSPS) is 14.0. The van der Waals surface area contributed by atoms with E-state index >= 15 is 0 Å². The van der Waals surface area contributed by atoms with Crippen LogP contribution in [-0.4, -0.2) is 25.0 Å². The molecule has 0 fully saturated rings. The molecule has 0 N–H and O–H groups in total. The maximum absolute atomic E-state index is 12.6. The van der Waals surface area contributed by atoms with E-state index in [4.69, 9.17) is 9.47 Å². The van der Waals surface area contributed by atoms with Gasteiger partial charge in [0, 0.05) is 12.7 Å². The smallest absolute Gasteiger partial charge is 0.338 e. The van der Waals surface area contributed by atoms with Crippen LogP contribution in [0.3, 0.4) is 0 Å². The summed E-state index contributed by atoms with van der Waals surface area (Å²) >= 11 is 0. The molecule has 1 aliphatic rings. The fourth-order valence-electron chi connectivity index (χ4n) is 3.15. The first-order valence-electron chi connectivity index (χ1n) is 8.53. The van der Waals surface area contributed by atoms with Crippen molar-refractivity contribution < 1.29 is 19.1 Å². The van der Waals surface area contributed by atoms with Gasteiger partial charge in [0.25, 0.3) is 0 Å². The molecule has 0 unspecified atom stereocenters. The number of hydrogen-bond acceptors (Lipinski definition) is 4. The molecule has 0 radical (unpaired) electrons. The molecule has 2 aromatic rings. The van der Waals surface area contributed by atoms with Crippen molar-refractivity contribution in [2.75, 3.05) is 7.11 Å². The predicted octanol–water partition coefficient (Wildman–Crippen LogP) is 3.75. The van der Waals surface area contributed by atoms with Crippen molar-refractivity contribution in [3.05, 3.63) is 70.3 Å². The summed E-state index contributed by atoms with van der Waals surface area (Å²) in [4.78, 5) is 24.8. The van der Waals surface area contributed by atoms with Crippen LogP contribution in [-0.2, 0) is 28.9 Å². The minimum absolute atomic E-state index is 0.168. The Morgan fingerprint density at radius 2 is 1.68 bits per heavy atom. The highest BCUT2D eigenvalue weighted by atomic mass is 16.5.